The number of ether oxygens (including phenoxy) is 1. The Morgan fingerprint density at radius 3 is 2.82 bits per heavy atom. The standard InChI is InChI=1S/C14H27NO2/c1-3-14(2)9-12(6-7-17-14)15-10-11-4-5-13(16)8-11/h11-13,15-16H,3-10H2,1-2H3. The van der Waals surface area contributed by atoms with Gasteiger partial charge >= 0.3 is 0 Å². The molecule has 4 atom stereocenters. The van der Waals surface area contributed by atoms with E-state index in [1.165, 1.54) is 6.42 Å². The average molecular weight is 241 g/mol. The van der Waals surface area contributed by atoms with Crippen molar-refractivity contribution < 1.29 is 9.84 Å². The molecular formula is C14H27NO2. The van der Waals surface area contributed by atoms with Crippen LogP contribution in [0, 0.1) is 5.92 Å². The topological polar surface area (TPSA) is 41.5 Å². The number of hydrogen-bond donors (Lipinski definition) is 2. The third-order valence-corrected chi connectivity index (χ3v) is 4.55. The Kier molecular flexibility index (Phi) is 4.45. The second-order valence-corrected chi connectivity index (χ2v) is 6.08. The first kappa shape index (κ1) is 13.3. The largest absolute Gasteiger partial charge is 0.393 e. The number of nitrogens with one attached hydrogen (secondary N) is 1. The molecule has 2 aliphatic rings. The second-order valence-electron chi connectivity index (χ2n) is 6.08. The molecule has 0 radical (unpaired) electrons. The van der Waals surface area contributed by atoms with Gasteiger partial charge in [0.25, 0.3) is 0 Å². The van der Waals surface area contributed by atoms with Crippen LogP contribution in [0.4, 0.5) is 0 Å². The summed E-state index contributed by atoms with van der Waals surface area (Å²) in [6.07, 6.45) is 6.46. The van der Waals surface area contributed by atoms with Crippen LogP contribution in [-0.2, 0) is 4.74 Å². The Hall–Kier alpha value is -0.120. The maximum absolute atomic E-state index is 9.51. The molecule has 100 valence electrons. The number of rotatable bonds is 4. The lowest BCUT2D eigenvalue weighted by atomic mass is 9.89. The summed E-state index contributed by atoms with van der Waals surface area (Å²) < 4.78 is 5.85. The van der Waals surface area contributed by atoms with Crippen LogP contribution < -0.4 is 5.32 Å². The maximum Gasteiger partial charge on any atom is 0.0666 e. The Morgan fingerprint density at radius 1 is 1.35 bits per heavy atom. The van der Waals surface area contributed by atoms with E-state index in [-0.39, 0.29) is 11.7 Å². The zero-order valence-corrected chi connectivity index (χ0v) is 11.2. The average Bonchev–Trinajstić information content (AvgIpc) is 2.73. The first-order chi connectivity index (χ1) is 8.11. The van der Waals surface area contributed by atoms with Crippen molar-refractivity contribution in [2.24, 2.45) is 5.92 Å². The third kappa shape index (κ3) is 3.67. The van der Waals surface area contributed by atoms with Crippen molar-refractivity contribution in [3.05, 3.63) is 0 Å². The molecule has 0 aromatic heterocycles. The van der Waals surface area contributed by atoms with Gasteiger partial charge in [0.15, 0.2) is 0 Å². The zero-order chi connectivity index (χ0) is 12.3. The maximum atomic E-state index is 9.51. The lowest BCUT2D eigenvalue weighted by Crippen LogP contribution is -2.46. The van der Waals surface area contributed by atoms with Crippen LogP contribution in [0.2, 0.25) is 0 Å². The molecule has 0 aromatic carbocycles. The highest BCUT2D eigenvalue weighted by molar-refractivity contribution is 4.86. The van der Waals surface area contributed by atoms with Gasteiger partial charge in [-0.1, -0.05) is 6.92 Å². The van der Waals surface area contributed by atoms with Crippen LogP contribution in [-0.4, -0.2) is 36.0 Å². The molecule has 2 rings (SSSR count). The summed E-state index contributed by atoms with van der Waals surface area (Å²) in [5, 5.41) is 13.2. The molecule has 17 heavy (non-hydrogen) atoms. The molecule has 3 nitrogen and oxygen atoms in total. The highest BCUT2D eigenvalue weighted by atomic mass is 16.5. The van der Waals surface area contributed by atoms with Gasteiger partial charge in [0.05, 0.1) is 11.7 Å². The van der Waals surface area contributed by atoms with E-state index in [2.05, 4.69) is 19.2 Å². The molecule has 0 spiro atoms. The van der Waals surface area contributed by atoms with Gasteiger partial charge in [-0.25, -0.2) is 0 Å². The third-order valence-electron chi connectivity index (χ3n) is 4.55. The van der Waals surface area contributed by atoms with E-state index < -0.39 is 0 Å². The van der Waals surface area contributed by atoms with Crippen molar-refractivity contribution in [2.75, 3.05) is 13.2 Å². The monoisotopic (exact) mass is 241 g/mol. The fourth-order valence-electron chi connectivity index (χ4n) is 3.12. The predicted molar refractivity (Wildman–Crippen MR) is 69.0 cm³/mol. The van der Waals surface area contributed by atoms with Crippen molar-refractivity contribution >= 4 is 0 Å². The summed E-state index contributed by atoms with van der Waals surface area (Å²) in [6.45, 7) is 6.38. The van der Waals surface area contributed by atoms with Crippen molar-refractivity contribution in [3.63, 3.8) is 0 Å². The quantitative estimate of drug-likeness (QED) is 0.792. The Bertz CT molecular complexity index is 246. The van der Waals surface area contributed by atoms with Gasteiger partial charge in [-0.2, -0.15) is 0 Å². The summed E-state index contributed by atoms with van der Waals surface area (Å²) in [5.41, 5.74) is 0.0745. The first-order valence-electron chi connectivity index (χ1n) is 7.17. The van der Waals surface area contributed by atoms with Crippen LogP contribution in [0.5, 0.6) is 0 Å². The minimum Gasteiger partial charge on any atom is -0.393 e. The van der Waals surface area contributed by atoms with Crippen LogP contribution in [0.25, 0.3) is 0 Å². The lowest BCUT2D eigenvalue weighted by molar-refractivity contribution is -0.0782. The SMILES string of the molecule is CCC1(C)CC(NCC2CCC(O)C2)CCO1. The zero-order valence-electron chi connectivity index (χ0n) is 11.2. The van der Waals surface area contributed by atoms with E-state index in [0.29, 0.717) is 12.0 Å². The van der Waals surface area contributed by atoms with E-state index in [1.54, 1.807) is 0 Å². The van der Waals surface area contributed by atoms with Gasteiger partial charge in [-0.3, -0.25) is 0 Å². The molecule has 1 heterocycles. The van der Waals surface area contributed by atoms with E-state index in [4.69, 9.17) is 4.74 Å². The molecule has 2 N–H and O–H groups in total. The van der Waals surface area contributed by atoms with Gasteiger partial charge in [-0.15, -0.1) is 0 Å². The van der Waals surface area contributed by atoms with Crippen LogP contribution >= 0.6 is 0 Å². The molecule has 2 fully saturated rings. The van der Waals surface area contributed by atoms with Crippen LogP contribution in [0.3, 0.4) is 0 Å². The predicted octanol–water partition coefficient (Wildman–Crippen LogP) is 2.08. The minimum absolute atomic E-state index is 0.0441. The molecule has 0 amide bonds. The minimum atomic E-state index is -0.0441. The Morgan fingerprint density at radius 2 is 2.18 bits per heavy atom. The van der Waals surface area contributed by atoms with Crippen LogP contribution in [0.1, 0.15) is 52.4 Å². The van der Waals surface area contributed by atoms with Crippen molar-refractivity contribution in [1.82, 2.24) is 5.32 Å². The first-order valence-corrected chi connectivity index (χ1v) is 7.17. The fourth-order valence-corrected chi connectivity index (χ4v) is 3.12. The molecule has 1 saturated heterocycles. The Labute approximate surface area is 105 Å². The summed E-state index contributed by atoms with van der Waals surface area (Å²) in [6, 6.07) is 0.603. The van der Waals surface area contributed by atoms with Crippen molar-refractivity contribution in [3.8, 4) is 0 Å². The van der Waals surface area contributed by atoms with Crippen molar-refractivity contribution in [1.29, 1.82) is 0 Å². The van der Waals surface area contributed by atoms with Gasteiger partial charge in [0.2, 0.25) is 0 Å². The molecule has 4 unspecified atom stereocenters. The van der Waals surface area contributed by atoms with E-state index in [1.807, 2.05) is 0 Å². The van der Waals surface area contributed by atoms with Crippen molar-refractivity contribution in [2.45, 2.75) is 70.1 Å². The van der Waals surface area contributed by atoms with Gasteiger partial charge in [0, 0.05) is 12.6 Å². The van der Waals surface area contributed by atoms with Gasteiger partial charge < -0.3 is 15.2 Å². The van der Waals surface area contributed by atoms with E-state index >= 15 is 0 Å². The summed E-state index contributed by atoms with van der Waals surface area (Å²) in [4.78, 5) is 0. The number of hydrogen-bond acceptors (Lipinski definition) is 3. The highest BCUT2D eigenvalue weighted by Gasteiger charge is 2.32. The molecular weight excluding hydrogens is 214 g/mol. The summed E-state index contributed by atoms with van der Waals surface area (Å²) in [5.74, 6) is 0.681. The Balaban J connectivity index is 1.72. The normalized spacial score (nSPS) is 42.9. The summed E-state index contributed by atoms with van der Waals surface area (Å²) >= 11 is 0. The molecule has 0 bridgehead atoms. The number of aliphatic hydroxyl groups is 1. The molecule has 1 aliphatic carbocycles. The van der Waals surface area contributed by atoms with Gasteiger partial charge in [-0.05, 0) is 57.9 Å². The molecule has 3 heteroatoms. The molecule has 0 aromatic rings. The van der Waals surface area contributed by atoms with Crippen LogP contribution in [0.15, 0.2) is 0 Å². The van der Waals surface area contributed by atoms with Gasteiger partial charge in [0.1, 0.15) is 0 Å². The highest BCUT2D eigenvalue weighted by Crippen LogP contribution is 2.29. The van der Waals surface area contributed by atoms with E-state index in [9.17, 15) is 5.11 Å². The molecule has 1 aliphatic heterocycles. The molecule has 1 saturated carbocycles. The lowest BCUT2D eigenvalue weighted by Gasteiger charge is -2.38. The van der Waals surface area contributed by atoms with E-state index in [0.717, 1.165) is 45.3 Å². The second kappa shape index (κ2) is 5.68. The summed E-state index contributed by atoms with van der Waals surface area (Å²) in [7, 11) is 0. The smallest absolute Gasteiger partial charge is 0.0666 e. The fraction of sp³-hybridized carbons (Fsp3) is 1.00. The number of aliphatic hydroxyl groups excluding tert-OH is 1.